The summed E-state index contributed by atoms with van der Waals surface area (Å²) in [7, 11) is 1.77. The number of nitrogens with one attached hydrogen (secondary N) is 3. The van der Waals surface area contributed by atoms with Crippen molar-refractivity contribution >= 4 is 47.6 Å². The van der Waals surface area contributed by atoms with Gasteiger partial charge in [0.25, 0.3) is 5.91 Å². The molecule has 0 radical (unpaired) electrons. The van der Waals surface area contributed by atoms with Crippen molar-refractivity contribution in [2.75, 3.05) is 32.1 Å². The first-order chi connectivity index (χ1) is 11.7. The number of nitrogens with zero attached hydrogens (tertiary/aromatic N) is 1. The molecule has 1 rings (SSSR count). The molecular weight excluding hydrogens is 447 g/mol. The molecule has 5 nitrogen and oxygen atoms in total. The highest BCUT2D eigenvalue weighted by Gasteiger charge is 2.05. The van der Waals surface area contributed by atoms with Crippen LogP contribution in [0.4, 0.5) is 0 Å². The van der Waals surface area contributed by atoms with Gasteiger partial charge in [-0.25, -0.2) is 0 Å². The molecule has 0 bridgehead atoms. The average molecular weight is 478 g/mol. The second kappa shape index (κ2) is 15.3. The summed E-state index contributed by atoms with van der Waals surface area (Å²) in [5.74, 6) is 1.97. The molecule has 7 heteroatoms. The molecule has 0 aliphatic heterocycles. The first-order valence-corrected chi connectivity index (χ1v) is 9.91. The molecule has 3 N–H and O–H groups in total. The van der Waals surface area contributed by atoms with Gasteiger partial charge in [-0.1, -0.05) is 19.1 Å². The highest BCUT2D eigenvalue weighted by atomic mass is 127. The van der Waals surface area contributed by atoms with Crippen LogP contribution in [0.3, 0.4) is 0 Å². The lowest BCUT2D eigenvalue weighted by Gasteiger charge is -2.12. The summed E-state index contributed by atoms with van der Waals surface area (Å²) in [5.41, 5.74) is 1.76. The van der Waals surface area contributed by atoms with E-state index in [0.29, 0.717) is 18.7 Å². The third-order valence-corrected chi connectivity index (χ3v) is 4.17. The summed E-state index contributed by atoms with van der Waals surface area (Å²) < 4.78 is 0. The monoisotopic (exact) mass is 478 g/mol. The lowest BCUT2D eigenvalue weighted by molar-refractivity contribution is 0.0953. The van der Waals surface area contributed by atoms with Gasteiger partial charge in [-0.3, -0.25) is 9.79 Å². The lowest BCUT2D eigenvalue weighted by Crippen LogP contribution is -2.37. The van der Waals surface area contributed by atoms with Crippen molar-refractivity contribution in [2.24, 2.45) is 4.99 Å². The Kier molecular flexibility index (Phi) is 14.7. The average Bonchev–Trinajstić information content (AvgIpc) is 2.62. The summed E-state index contributed by atoms with van der Waals surface area (Å²) >= 11 is 1.88. The van der Waals surface area contributed by atoms with Gasteiger partial charge in [0, 0.05) is 32.2 Å². The number of thioether (sulfide) groups is 1. The Bertz CT molecular complexity index is 526. The number of carbonyl (C=O) groups excluding carboxylic acids is 1. The van der Waals surface area contributed by atoms with Crippen LogP contribution < -0.4 is 16.0 Å². The second-order valence-corrected chi connectivity index (χ2v) is 6.49. The predicted octanol–water partition coefficient (Wildman–Crippen LogP) is 3.25. The van der Waals surface area contributed by atoms with Crippen LogP contribution in [0.15, 0.2) is 29.3 Å². The van der Waals surface area contributed by atoms with Crippen LogP contribution in [-0.4, -0.2) is 44.0 Å². The fraction of sp³-hybridized carbons (Fsp3) is 0.556. The largest absolute Gasteiger partial charge is 0.356 e. The first kappa shape index (κ1) is 24.0. The zero-order valence-electron chi connectivity index (χ0n) is 15.4. The Labute approximate surface area is 173 Å². The van der Waals surface area contributed by atoms with Crippen LogP contribution in [0.5, 0.6) is 0 Å². The van der Waals surface area contributed by atoms with Crippen molar-refractivity contribution in [1.82, 2.24) is 16.0 Å². The molecule has 1 aromatic rings. The maximum atomic E-state index is 12.0. The molecule has 1 amide bonds. The van der Waals surface area contributed by atoms with E-state index >= 15 is 0 Å². The minimum Gasteiger partial charge on any atom is -0.356 e. The maximum Gasteiger partial charge on any atom is 0.251 e. The quantitative estimate of drug-likeness (QED) is 0.209. The molecule has 0 fully saturated rings. The van der Waals surface area contributed by atoms with Crippen molar-refractivity contribution in [3.05, 3.63) is 35.4 Å². The standard InChI is InChI=1S/C18H30N4OS.HI/c1-4-10-20-17(23)16-9-7-8-15(13-16)14-22-18(19-2)21-11-5-6-12-24-3;/h7-9,13H,4-6,10-12,14H2,1-3H3,(H,20,23)(H2,19,21,22);1H. The van der Waals surface area contributed by atoms with E-state index in [1.54, 1.807) is 7.05 Å². The van der Waals surface area contributed by atoms with Crippen molar-refractivity contribution in [1.29, 1.82) is 0 Å². The summed E-state index contributed by atoms with van der Waals surface area (Å²) in [5, 5.41) is 9.50. The number of hydrogen-bond donors (Lipinski definition) is 3. The third kappa shape index (κ3) is 10.6. The molecule has 0 aliphatic rings. The summed E-state index contributed by atoms with van der Waals surface area (Å²) in [6, 6.07) is 7.68. The van der Waals surface area contributed by atoms with Gasteiger partial charge in [0.05, 0.1) is 0 Å². The number of hydrogen-bond acceptors (Lipinski definition) is 3. The number of unbranched alkanes of at least 4 members (excludes halogenated alkanes) is 1. The third-order valence-electron chi connectivity index (χ3n) is 3.48. The van der Waals surface area contributed by atoms with Crippen LogP contribution >= 0.6 is 35.7 Å². The normalized spacial score (nSPS) is 10.8. The van der Waals surface area contributed by atoms with Crippen molar-refractivity contribution in [2.45, 2.75) is 32.7 Å². The molecule has 1 aromatic carbocycles. The van der Waals surface area contributed by atoms with Crippen LogP contribution in [-0.2, 0) is 6.54 Å². The van der Waals surface area contributed by atoms with Gasteiger partial charge in [-0.2, -0.15) is 11.8 Å². The molecule has 142 valence electrons. The van der Waals surface area contributed by atoms with Gasteiger partial charge in [0.2, 0.25) is 0 Å². The number of aliphatic imine (C=N–C) groups is 1. The molecule has 0 aromatic heterocycles. The molecule has 0 spiro atoms. The van der Waals surface area contributed by atoms with Gasteiger partial charge < -0.3 is 16.0 Å². The lowest BCUT2D eigenvalue weighted by atomic mass is 10.1. The highest BCUT2D eigenvalue weighted by molar-refractivity contribution is 14.0. The van der Waals surface area contributed by atoms with E-state index in [-0.39, 0.29) is 29.9 Å². The highest BCUT2D eigenvalue weighted by Crippen LogP contribution is 2.05. The number of rotatable bonds is 10. The van der Waals surface area contributed by atoms with Gasteiger partial charge >= 0.3 is 0 Å². The molecule has 0 heterocycles. The van der Waals surface area contributed by atoms with Gasteiger partial charge in [0.15, 0.2) is 5.96 Å². The van der Waals surface area contributed by atoms with E-state index in [1.807, 2.05) is 43.0 Å². The molecule has 0 unspecified atom stereocenters. The van der Waals surface area contributed by atoms with Crippen LogP contribution in [0.25, 0.3) is 0 Å². The molecular formula is C18H31IN4OS. The minimum atomic E-state index is -0.0185. The Morgan fingerprint density at radius 3 is 2.64 bits per heavy atom. The Morgan fingerprint density at radius 1 is 1.16 bits per heavy atom. The van der Waals surface area contributed by atoms with Crippen LogP contribution in [0.1, 0.15) is 42.1 Å². The zero-order chi connectivity index (χ0) is 17.6. The fourth-order valence-electron chi connectivity index (χ4n) is 2.15. The molecule has 0 saturated heterocycles. The summed E-state index contributed by atoms with van der Waals surface area (Å²) in [6.45, 7) is 4.30. The molecule has 0 atom stereocenters. The number of guanidine groups is 1. The number of carbonyl (C=O) groups is 1. The minimum absolute atomic E-state index is 0. The van der Waals surface area contributed by atoms with Crippen molar-refractivity contribution < 1.29 is 4.79 Å². The van der Waals surface area contributed by atoms with Gasteiger partial charge in [0.1, 0.15) is 0 Å². The van der Waals surface area contributed by atoms with Gasteiger partial charge in [-0.05, 0) is 49.0 Å². The maximum absolute atomic E-state index is 12.0. The van der Waals surface area contributed by atoms with Gasteiger partial charge in [-0.15, -0.1) is 24.0 Å². The van der Waals surface area contributed by atoms with Crippen molar-refractivity contribution in [3.63, 3.8) is 0 Å². The number of amides is 1. The van der Waals surface area contributed by atoms with Crippen LogP contribution in [0, 0.1) is 0 Å². The summed E-state index contributed by atoms with van der Waals surface area (Å²) in [6.07, 6.45) is 5.41. The number of benzene rings is 1. The summed E-state index contributed by atoms with van der Waals surface area (Å²) in [4.78, 5) is 16.2. The SMILES string of the molecule is CCCNC(=O)c1cccc(CNC(=NC)NCCCCSC)c1.I. The second-order valence-electron chi connectivity index (χ2n) is 5.51. The Balaban J connectivity index is 0.00000576. The van der Waals surface area contributed by atoms with E-state index in [0.717, 1.165) is 30.9 Å². The predicted molar refractivity (Wildman–Crippen MR) is 120 cm³/mol. The zero-order valence-corrected chi connectivity index (χ0v) is 18.6. The molecule has 0 saturated carbocycles. The topological polar surface area (TPSA) is 65.5 Å². The van der Waals surface area contributed by atoms with E-state index in [4.69, 9.17) is 0 Å². The van der Waals surface area contributed by atoms with E-state index in [2.05, 4.69) is 27.2 Å². The Hall–Kier alpha value is -0.960. The Morgan fingerprint density at radius 2 is 1.96 bits per heavy atom. The molecule has 0 aliphatic carbocycles. The number of halogens is 1. The van der Waals surface area contributed by atoms with E-state index < -0.39 is 0 Å². The fourth-order valence-corrected chi connectivity index (χ4v) is 2.64. The first-order valence-electron chi connectivity index (χ1n) is 8.51. The smallest absolute Gasteiger partial charge is 0.251 e. The van der Waals surface area contributed by atoms with Crippen molar-refractivity contribution in [3.8, 4) is 0 Å². The van der Waals surface area contributed by atoms with E-state index in [1.165, 1.54) is 12.2 Å². The van der Waals surface area contributed by atoms with Crippen LogP contribution in [0.2, 0.25) is 0 Å². The molecule has 25 heavy (non-hydrogen) atoms. The van der Waals surface area contributed by atoms with E-state index in [9.17, 15) is 4.79 Å².